The fourth-order valence-corrected chi connectivity index (χ4v) is 4.28. The average molecular weight is 362 g/mol. The first-order valence-corrected chi connectivity index (χ1v) is 9.79. The Labute approximate surface area is 161 Å². The van der Waals surface area contributed by atoms with Gasteiger partial charge in [-0.05, 0) is 54.9 Å². The van der Waals surface area contributed by atoms with Gasteiger partial charge in [0.2, 0.25) is 0 Å². The van der Waals surface area contributed by atoms with Crippen LogP contribution in [0.4, 0.5) is 0 Å². The number of esters is 1. The molecule has 2 aliphatic carbocycles. The Hall–Kier alpha value is -2.55. The minimum Gasteiger partial charge on any atom is -0.493 e. The largest absolute Gasteiger partial charge is 0.493 e. The molecule has 2 bridgehead atoms. The fourth-order valence-electron chi connectivity index (χ4n) is 4.28. The predicted molar refractivity (Wildman–Crippen MR) is 106 cm³/mol. The van der Waals surface area contributed by atoms with Crippen LogP contribution in [0.5, 0.6) is 5.75 Å². The highest BCUT2D eigenvalue weighted by atomic mass is 16.5. The van der Waals surface area contributed by atoms with E-state index < -0.39 is 0 Å². The number of carbonyl (C=O) groups excluding carboxylic acids is 1. The Kier molecular flexibility index (Phi) is 5.02. The van der Waals surface area contributed by atoms with Crippen LogP contribution in [0, 0.1) is 17.3 Å². The summed E-state index contributed by atoms with van der Waals surface area (Å²) in [6.07, 6.45) is 7.17. The molecule has 1 saturated carbocycles. The first-order valence-electron chi connectivity index (χ1n) is 9.79. The van der Waals surface area contributed by atoms with E-state index in [1.54, 1.807) is 0 Å². The summed E-state index contributed by atoms with van der Waals surface area (Å²) < 4.78 is 11.3. The van der Waals surface area contributed by atoms with Gasteiger partial charge in [-0.2, -0.15) is 0 Å². The molecule has 0 aliphatic heterocycles. The SMILES string of the molecule is CC1(C(=O)OCCCOc2ccc(-c3ccccc3)cc2)CC2C=CC1C2. The Bertz CT molecular complexity index is 809. The van der Waals surface area contributed by atoms with Crippen molar-refractivity contribution in [1.82, 2.24) is 0 Å². The molecule has 4 rings (SSSR count). The maximum Gasteiger partial charge on any atom is 0.312 e. The van der Waals surface area contributed by atoms with Crippen molar-refractivity contribution in [3.05, 3.63) is 66.7 Å². The van der Waals surface area contributed by atoms with E-state index in [4.69, 9.17) is 9.47 Å². The first-order chi connectivity index (χ1) is 13.1. The number of carbonyl (C=O) groups is 1. The summed E-state index contributed by atoms with van der Waals surface area (Å²) >= 11 is 0. The minimum absolute atomic E-state index is 0.0495. The van der Waals surface area contributed by atoms with Crippen molar-refractivity contribution in [3.8, 4) is 16.9 Å². The van der Waals surface area contributed by atoms with Crippen molar-refractivity contribution in [2.75, 3.05) is 13.2 Å². The van der Waals surface area contributed by atoms with Gasteiger partial charge < -0.3 is 9.47 Å². The summed E-state index contributed by atoms with van der Waals surface area (Å²) in [5.74, 6) is 1.71. The van der Waals surface area contributed by atoms with Crippen molar-refractivity contribution >= 4 is 5.97 Å². The highest BCUT2D eigenvalue weighted by Gasteiger charge is 2.50. The molecule has 0 spiro atoms. The zero-order chi connectivity index (χ0) is 18.7. The zero-order valence-corrected chi connectivity index (χ0v) is 15.8. The lowest BCUT2D eigenvalue weighted by Crippen LogP contribution is -2.34. The van der Waals surface area contributed by atoms with Crippen LogP contribution in [-0.2, 0) is 9.53 Å². The molecule has 0 saturated heterocycles. The molecule has 3 nitrogen and oxygen atoms in total. The topological polar surface area (TPSA) is 35.5 Å². The number of hydrogen-bond donors (Lipinski definition) is 0. The molecule has 3 atom stereocenters. The van der Waals surface area contributed by atoms with E-state index >= 15 is 0 Å². The van der Waals surface area contributed by atoms with Crippen LogP contribution >= 0.6 is 0 Å². The van der Waals surface area contributed by atoms with Crippen LogP contribution in [0.2, 0.25) is 0 Å². The molecule has 0 aromatic heterocycles. The van der Waals surface area contributed by atoms with E-state index in [2.05, 4.69) is 36.4 Å². The maximum atomic E-state index is 12.5. The molecule has 0 radical (unpaired) electrons. The van der Waals surface area contributed by atoms with Crippen LogP contribution in [0.15, 0.2) is 66.7 Å². The second kappa shape index (κ2) is 7.59. The lowest BCUT2D eigenvalue weighted by molar-refractivity contribution is -0.156. The van der Waals surface area contributed by atoms with Gasteiger partial charge in [0.25, 0.3) is 0 Å². The third kappa shape index (κ3) is 3.78. The van der Waals surface area contributed by atoms with Crippen molar-refractivity contribution in [3.63, 3.8) is 0 Å². The number of hydrogen-bond acceptors (Lipinski definition) is 3. The van der Waals surface area contributed by atoms with Gasteiger partial charge >= 0.3 is 5.97 Å². The van der Waals surface area contributed by atoms with Gasteiger partial charge in [-0.3, -0.25) is 4.79 Å². The van der Waals surface area contributed by atoms with Crippen LogP contribution < -0.4 is 4.74 Å². The molecular formula is C24H26O3. The number of allylic oxidation sites excluding steroid dienone is 2. The van der Waals surface area contributed by atoms with Gasteiger partial charge in [-0.1, -0.05) is 54.6 Å². The predicted octanol–water partition coefficient (Wildman–Crippen LogP) is 5.27. The highest BCUT2D eigenvalue weighted by Crippen LogP contribution is 2.52. The highest BCUT2D eigenvalue weighted by molar-refractivity contribution is 5.78. The van der Waals surface area contributed by atoms with E-state index in [0.29, 0.717) is 31.5 Å². The summed E-state index contributed by atoms with van der Waals surface area (Å²) in [7, 11) is 0. The van der Waals surface area contributed by atoms with Gasteiger partial charge in [0, 0.05) is 6.42 Å². The number of ether oxygens (including phenoxy) is 2. The van der Waals surface area contributed by atoms with E-state index in [9.17, 15) is 4.79 Å². The third-order valence-electron chi connectivity index (χ3n) is 5.90. The monoisotopic (exact) mass is 362 g/mol. The molecular weight excluding hydrogens is 336 g/mol. The molecule has 0 heterocycles. The molecule has 2 aromatic carbocycles. The van der Waals surface area contributed by atoms with E-state index in [1.165, 1.54) is 11.1 Å². The number of benzene rings is 2. The number of fused-ring (bicyclic) bond motifs is 2. The quantitative estimate of drug-likeness (QED) is 0.382. The number of rotatable bonds is 7. The molecule has 3 heteroatoms. The Balaban J connectivity index is 1.19. The Morgan fingerprint density at radius 1 is 1.00 bits per heavy atom. The summed E-state index contributed by atoms with van der Waals surface area (Å²) in [4.78, 5) is 12.5. The molecule has 1 fully saturated rings. The zero-order valence-electron chi connectivity index (χ0n) is 15.8. The minimum atomic E-state index is -0.326. The van der Waals surface area contributed by atoms with Gasteiger partial charge in [0.05, 0.1) is 18.6 Å². The van der Waals surface area contributed by atoms with E-state index in [0.717, 1.165) is 18.6 Å². The average Bonchev–Trinajstić information content (AvgIpc) is 3.30. The second-order valence-electron chi connectivity index (χ2n) is 7.84. The van der Waals surface area contributed by atoms with Crippen LogP contribution in [0.25, 0.3) is 11.1 Å². The van der Waals surface area contributed by atoms with Gasteiger partial charge in [0.15, 0.2) is 0 Å². The van der Waals surface area contributed by atoms with Crippen molar-refractivity contribution < 1.29 is 14.3 Å². The lowest BCUT2D eigenvalue weighted by Gasteiger charge is -2.28. The fraction of sp³-hybridized carbons (Fsp3) is 0.375. The van der Waals surface area contributed by atoms with Crippen molar-refractivity contribution in [2.45, 2.75) is 26.2 Å². The molecule has 2 aromatic rings. The van der Waals surface area contributed by atoms with E-state index in [-0.39, 0.29) is 11.4 Å². The third-order valence-corrected chi connectivity index (χ3v) is 5.90. The summed E-state index contributed by atoms with van der Waals surface area (Å²) in [5, 5.41) is 0. The van der Waals surface area contributed by atoms with Gasteiger partial charge in [0.1, 0.15) is 5.75 Å². The van der Waals surface area contributed by atoms with Crippen molar-refractivity contribution in [2.24, 2.45) is 17.3 Å². The summed E-state index contributed by atoms with van der Waals surface area (Å²) in [5.41, 5.74) is 2.04. The van der Waals surface area contributed by atoms with Crippen molar-refractivity contribution in [1.29, 1.82) is 0 Å². The summed E-state index contributed by atoms with van der Waals surface area (Å²) in [6.45, 7) is 3.01. The Morgan fingerprint density at radius 3 is 2.41 bits per heavy atom. The van der Waals surface area contributed by atoms with Crippen LogP contribution in [0.3, 0.4) is 0 Å². The molecule has 3 unspecified atom stereocenters. The second-order valence-corrected chi connectivity index (χ2v) is 7.84. The maximum absolute atomic E-state index is 12.5. The normalized spacial score (nSPS) is 25.5. The van der Waals surface area contributed by atoms with E-state index in [1.807, 2.05) is 37.3 Å². The van der Waals surface area contributed by atoms with Gasteiger partial charge in [-0.15, -0.1) is 0 Å². The smallest absolute Gasteiger partial charge is 0.312 e. The van der Waals surface area contributed by atoms with Gasteiger partial charge in [-0.25, -0.2) is 0 Å². The molecule has 0 N–H and O–H groups in total. The summed E-state index contributed by atoms with van der Waals surface area (Å²) in [6, 6.07) is 18.4. The molecule has 2 aliphatic rings. The molecule has 27 heavy (non-hydrogen) atoms. The lowest BCUT2D eigenvalue weighted by atomic mass is 9.78. The first kappa shape index (κ1) is 17.8. The Morgan fingerprint density at radius 2 is 1.74 bits per heavy atom. The van der Waals surface area contributed by atoms with Crippen LogP contribution in [-0.4, -0.2) is 19.2 Å². The molecule has 140 valence electrons. The van der Waals surface area contributed by atoms with Crippen LogP contribution in [0.1, 0.15) is 26.2 Å². The molecule has 0 amide bonds. The standard InChI is InChI=1S/C24H26O3/c1-24(17-18-8-11-21(24)16-18)23(25)27-15-5-14-26-22-12-9-20(10-13-22)19-6-3-2-4-7-19/h2-4,6-13,18,21H,5,14-17H2,1H3.